The van der Waals surface area contributed by atoms with Gasteiger partial charge in [-0.2, -0.15) is 18.4 Å². The van der Waals surface area contributed by atoms with Crippen molar-refractivity contribution >= 4 is 23.5 Å². The summed E-state index contributed by atoms with van der Waals surface area (Å²) in [4.78, 5) is 90.1. The first-order valence-corrected chi connectivity index (χ1v) is 43.7. The Morgan fingerprint density at radius 2 is 0.465 bits per heavy atom. The summed E-state index contributed by atoms with van der Waals surface area (Å²) in [5, 5.41) is 112. The van der Waals surface area contributed by atoms with Crippen molar-refractivity contribution in [3.05, 3.63) is 391 Å². The minimum absolute atomic E-state index is 0.0128. The van der Waals surface area contributed by atoms with Gasteiger partial charge in [0.1, 0.15) is 57.5 Å². The smallest absolute Gasteiger partial charge is 0.416 e. The molecule has 0 radical (unpaired) electrons. The fourth-order valence-corrected chi connectivity index (χ4v) is 14.5. The molecule has 5 aromatic heterocycles. The van der Waals surface area contributed by atoms with E-state index in [4.69, 9.17) is 22.1 Å². The van der Waals surface area contributed by atoms with E-state index in [2.05, 4.69) is 80.8 Å². The lowest BCUT2D eigenvalue weighted by molar-refractivity contribution is -0.137. The highest BCUT2D eigenvalue weighted by molar-refractivity contribution is 6.30. The number of hydrogen-bond acceptors (Lipinski definition) is 29. The number of nitriles is 1. The average molecular weight is 1940 g/mol. The standard InChI is InChI=1S/C23H17N3O4.C22H14F3N3O2.C22H16N4O3.C22H14N4O2.C21H14ClN3O2/c1-30-23(29)15-8-6-7-14(13-15)20-24-21(16-9-2-4-11-18(16)27)26-22(25-20)17-10-3-5-12-19(17)28;23-22(24,25)14-7-5-6-13(12-14)19-26-20(15-8-1-3-10-17(15)29)28-21(27-19)16-9-2-4-11-18(16)30;23-19(29)13-6-5-7-14(12-13)20-24-21(15-8-1-3-10-17(15)27)26-22(25-20)16-9-2-4-11-18(16)28;23-13-14-6-5-7-15(12-14)20-24-21(16-8-1-3-10-18(16)27)26-22(25-20)17-9-2-4-11-19(17)28;22-14-7-5-6-13(12-14)19-23-20(15-8-1-3-10-17(15)26)25-21(24-19)16-9-2-4-11-18(16)27/h2-13,27-28H,1H3;1-12,29-30H;1-12,27-28H,(H2,23,29);1-12,27-28H;1-12,26-27H. The lowest BCUT2D eigenvalue weighted by Gasteiger charge is -2.11. The fraction of sp³-hybridized carbons (Fsp3) is 0.0182. The quantitative estimate of drug-likeness (QED) is 0.0377. The molecule has 0 aliphatic rings. The predicted molar refractivity (Wildman–Crippen MR) is 532 cm³/mol. The van der Waals surface area contributed by atoms with Gasteiger partial charge in [0.2, 0.25) is 5.91 Å². The largest absolute Gasteiger partial charge is 0.507 e. The number of halogens is 4. The fourth-order valence-electron chi connectivity index (χ4n) is 14.3. The maximum absolute atomic E-state index is 13.2. The van der Waals surface area contributed by atoms with Crippen LogP contribution in [0.5, 0.6) is 57.5 Å². The summed E-state index contributed by atoms with van der Waals surface area (Å²) in [5.41, 5.74) is 12.3. The third-order valence-corrected chi connectivity index (χ3v) is 21.6. The van der Waals surface area contributed by atoms with Crippen LogP contribution in [0, 0.1) is 11.3 Å². The van der Waals surface area contributed by atoms with Crippen LogP contribution in [-0.4, -0.2) is 145 Å². The van der Waals surface area contributed by atoms with Crippen molar-refractivity contribution in [1.82, 2.24) is 74.8 Å². The Morgan fingerprint density at radius 1 is 0.264 bits per heavy atom. The molecular formula is C110H75ClF3N17O13. The van der Waals surface area contributed by atoms with E-state index < -0.39 is 23.6 Å². The van der Waals surface area contributed by atoms with E-state index in [-0.39, 0.29) is 138 Å². The van der Waals surface area contributed by atoms with Crippen LogP contribution >= 0.6 is 11.6 Å². The molecule has 0 atom stereocenters. The number of phenols is 10. The first-order chi connectivity index (χ1) is 69.7. The molecule has 0 spiro atoms. The van der Waals surface area contributed by atoms with Gasteiger partial charge < -0.3 is 61.5 Å². The maximum Gasteiger partial charge on any atom is 0.416 e. The number of aromatic nitrogens is 15. The molecule has 0 aliphatic carbocycles. The van der Waals surface area contributed by atoms with E-state index in [0.717, 1.165) is 12.1 Å². The summed E-state index contributed by atoms with van der Waals surface area (Å²) >= 11 is 6.11. The van der Waals surface area contributed by atoms with Crippen molar-refractivity contribution in [2.24, 2.45) is 5.73 Å². The highest BCUT2D eigenvalue weighted by Crippen LogP contribution is 2.42. The molecule has 20 aromatic rings. The Balaban J connectivity index is 0.000000129. The van der Waals surface area contributed by atoms with Gasteiger partial charge in [-0.1, -0.05) is 194 Å². The number of carbonyl (C=O) groups is 2. The molecule has 0 bridgehead atoms. The number of alkyl halides is 3. The minimum atomic E-state index is -4.52. The second-order valence-electron chi connectivity index (χ2n) is 31.0. The summed E-state index contributed by atoms with van der Waals surface area (Å²) in [6.07, 6.45) is -4.52. The number of hydrogen-bond donors (Lipinski definition) is 11. The van der Waals surface area contributed by atoms with Crippen molar-refractivity contribution in [1.29, 1.82) is 5.26 Å². The molecule has 0 aliphatic heterocycles. The average Bonchev–Trinajstić information content (AvgIpc) is 0.839. The van der Waals surface area contributed by atoms with Crippen LogP contribution in [0.4, 0.5) is 13.2 Å². The molecule has 30 nitrogen and oxygen atoms in total. The lowest BCUT2D eigenvalue weighted by Crippen LogP contribution is -2.10. The Bertz CT molecular complexity index is 7930. The number of ether oxygens (including phenoxy) is 1. The first-order valence-electron chi connectivity index (χ1n) is 43.4. The SMILES string of the molecule is COC(=O)c1cccc(-c2nc(-c3ccccc3O)nc(-c3ccccc3O)n2)c1.N#Cc1cccc(-c2nc(-c3ccccc3O)nc(-c3ccccc3O)n2)c1.NC(=O)c1cccc(-c2nc(-c3ccccc3O)nc(-c3ccccc3O)n2)c1.Oc1ccccc1-c1nc(-c2cccc(C(F)(F)F)c2)nc(-c2ccccc2O)n1.Oc1ccccc1-c1nc(-c2cccc(Cl)c2)nc(-c2ccccc2O)n1. The van der Waals surface area contributed by atoms with Crippen LogP contribution in [0.25, 0.3) is 171 Å². The molecule has 12 N–H and O–H groups in total. The third kappa shape index (κ3) is 23.1. The molecule has 34 heteroatoms. The highest BCUT2D eigenvalue weighted by atomic mass is 35.5. The van der Waals surface area contributed by atoms with E-state index >= 15 is 0 Å². The van der Waals surface area contributed by atoms with Gasteiger partial charge in [-0.25, -0.2) is 79.6 Å². The molecule has 0 saturated heterocycles. The summed E-state index contributed by atoms with van der Waals surface area (Å²) in [5.74, 6) is 2.48. The number of phenolic OH excluding ortho intramolecular Hbond substituents is 10. The summed E-state index contributed by atoms with van der Waals surface area (Å²) in [7, 11) is 1.31. The molecule has 20 rings (SSSR count). The van der Waals surface area contributed by atoms with Crippen molar-refractivity contribution < 1.29 is 78.6 Å². The van der Waals surface area contributed by atoms with E-state index in [9.17, 15) is 79.1 Å². The zero-order valence-electron chi connectivity index (χ0n) is 75.1. The number of carbonyl (C=O) groups excluding carboxylic acids is 2. The number of nitrogens with two attached hydrogens (primary N) is 1. The number of aromatic hydroxyl groups is 10. The number of methoxy groups -OCH3 is 1. The van der Waals surface area contributed by atoms with E-state index in [0.29, 0.717) is 112 Å². The third-order valence-electron chi connectivity index (χ3n) is 21.4. The van der Waals surface area contributed by atoms with Crippen LogP contribution < -0.4 is 5.73 Å². The van der Waals surface area contributed by atoms with Gasteiger partial charge >= 0.3 is 12.1 Å². The number of amides is 1. The molecule has 15 aromatic carbocycles. The van der Waals surface area contributed by atoms with Crippen LogP contribution in [0.2, 0.25) is 5.02 Å². The van der Waals surface area contributed by atoms with Gasteiger partial charge in [0.15, 0.2) is 87.4 Å². The molecule has 1 amide bonds. The van der Waals surface area contributed by atoms with Gasteiger partial charge in [0.05, 0.1) is 85.5 Å². The number of nitrogens with zero attached hydrogens (tertiary/aromatic N) is 16. The molecule has 706 valence electrons. The zero-order chi connectivity index (χ0) is 101. The van der Waals surface area contributed by atoms with E-state index in [1.54, 1.807) is 297 Å². The summed E-state index contributed by atoms with van der Waals surface area (Å²) in [6.45, 7) is 0. The Morgan fingerprint density at radius 3 is 0.694 bits per heavy atom. The lowest BCUT2D eigenvalue weighted by atomic mass is 10.1. The van der Waals surface area contributed by atoms with Gasteiger partial charge in [0, 0.05) is 38.4 Å². The summed E-state index contributed by atoms with van der Waals surface area (Å²) in [6, 6.07) is 101. The number of rotatable bonds is 17. The van der Waals surface area contributed by atoms with Crippen LogP contribution in [0.3, 0.4) is 0 Å². The Hall–Kier alpha value is -20.1. The van der Waals surface area contributed by atoms with E-state index in [1.165, 1.54) is 55.6 Å². The highest BCUT2D eigenvalue weighted by Gasteiger charge is 2.32. The topological polar surface area (TPSA) is 489 Å². The van der Waals surface area contributed by atoms with Gasteiger partial charge in [0.25, 0.3) is 0 Å². The normalized spacial score (nSPS) is 10.8. The molecule has 0 fully saturated rings. The second kappa shape index (κ2) is 43.9. The molecule has 0 saturated carbocycles. The zero-order valence-corrected chi connectivity index (χ0v) is 75.8. The second-order valence-corrected chi connectivity index (χ2v) is 31.4. The van der Waals surface area contributed by atoms with Crippen molar-refractivity contribution in [3.63, 3.8) is 0 Å². The molecule has 5 heterocycles. The van der Waals surface area contributed by atoms with Crippen LogP contribution in [0.15, 0.2) is 364 Å². The Labute approximate surface area is 822 Å². The van der Waals surface area contributed by atoms with Crippen LogP contribution in [-0.2, 0) is 10.9 Å². The van der Waals surface area contributed by atoms with Gasteiger partial charge in [-0.15, -0.1) is 0 Å². The number of benzene rings is 15. The molecule has 0 unspecified atom stereocenters. The predicted octanol–water partition coefficient (Wildman–Crippen LogP) is 21.8. The molecule has 144 heavy (non-hydrogen) atoms. The van der Waals surface area contributed by atoms with Gasteiger partial charge in [-0.05, 0) is 182 Å². The van der Waals surface area contributed by atoms with Crippen molar-refractivity contribution in [2.75, 3.05) is 7.11 Å². The van der Waals surface area contributed by atoms with Gasteiger partial charge in [-0.3, -0.25) is 4.79 Å². The Kier molecular flexibility index (Phi) is 29.6. The molecular weight excluding hydrogens is 1860 g/mol. The summed E-state index contributed by atoms with van der Waals surface area (Å²) < 4.78 is 44.3. The van der Waals surface area contributed by atoms with Crippen molar-refractivity contribution in [2.45, 2.75) is 6.18 Å². The number of esters is 1. The van der Waals surface area contributed by atoms with Crippen LogP contribution in [0.1, 0.15) is 31.8 Å². The number of para-hydroxylation sites is 10. The number of primary amides is 1. The van der Waals surface area contributed by atoms with E-state index in [1.807, 2.05) is 6.07 Å². The maximum atomic E-state index is 13.2. The monoisotopic (exact) mass is 1930 g/mol. The first kappa shape index (κ1) is 97.0. The minimum Gasteiger partial charge on any atom is -0.507 e. The van der Waals surface area contributed by atoms with Crippen molar-refractivity contribution in [3.8, 4) is 234 Å².